The van der Waals surface area contributed by atoms with E-state index in [1.54, 1.807) is 24.1 Å². The molecule has 1 N–H and O–H groups in total. The van der Waals surface area contributed by atoms with Crippen molar-refractivity contribution >= 4 is 23.4 Å². The fourth-order valence-corrected chi connectivity index (χ4v) is 3.31. The standard InChI is InChI=1S/C21H23N5O3/c1-15-14-19(23-16-6-3-4-7-17(16)28-2)24-21(22-15)26-11-9-25(10-12-26)20(27)18-8-5-13-29-18/h3-8,13-14H,9-12H2,1-2H3,(H,22,23,24). The van der Waals surface area contributed by atoms with Gasteiger partial charge in [-0.3, -0.25) is 4.79 Å². The molecule has 0 atom stereocenters. The maximum Gasteiger partial charge on any atom is 0.289 e. The number of benzene rings is 1. The first-order valence-corrected chi connectivity index (χ1v) is 9.47. The van der Waals surface area contributed by atoms with Gasteiger partial charge in [0.15, 0.2) is 5.76 Å². The Hall–Kier alpha value is -3.55. The third-order valence-electron chi connectivity index (χ3n) is 4.79. The second kappa shape index (κ2) is 8.22. The van der Waals surface area contributed by atoms with Gasteiger partial charge in [0.05, 0.1) is 19.1 Å². The molecule has 3 heterocycles. The maximum atomic E-state index is 12.4. The highest BCUT2D eigenvalue weighted by Crippen LogP contribution is 2.27. The molecule has 150 valence electrons. The molecule has 3 aromatic rings. The summed E-state index contributed by atoms with van der Waals surface area (Å²) in [6.45, 7) is 4.43. The molecule has 1 saturated heterocycles. The molecule has 8 heteroatoms. The third-order valence-corrected chi connectivity index (χ3v) is 4.79. The molecule has 1 amide bonds. The highest BCUT2D eigenvalue weighted by Gasteiger charge is 2.25. The van der Waals surface area contributed by atoms with Crippen LogP contribution in [0, 0.1) is 6.92 Å². The molecule has 1 fully saturated rings. The van der Waals surface area contributed by atoms with Crippen molar-refractivity contribution in [2.45, 2.75) is 6.92 Å². The second-order valence-electron chi connectivity index (χ2n) is 6.78. The van der Waals surface area contributed by atoms with E-state index in [1.807, 2.05) is 37.3 Å². The van der Waals surface area contributed by atoms with Crippen molar-refractivity contribution in [1.29, 1.82) is 0 Å². The van der Waals surface area contributed by atoms with Crippen molar-refractivity contribution < 1.29 is 13.9 Å². The number of piperazine rings is 1. The quantitative estimate of drug-likeness (QED) is 0.713. The Morgan fingerprint density at radius 2 is 1.90 bits per heavy atom. The van der Waals surface area contributed by atoms with Crippen molar-refractivity contribution in [3.63, 3.8) is 0 Å². The van der Waals surface area contributed by atoms with Gasteiger partial charge in [-0.15, -0.1) is 0 Å². The van der Waals surface area contributed by atoms with Crippen molar-refractivity contribution in [3.8, 4) is 5.75 Å². The van der Waals surface area contributed by atoms with Crippen LogP contribution in [0.15, 0.2) is 53.1 Å². The van der Waals surface area contributed by atoms with Crippen molar-refractivity contribution in [1.82, 2.24) is 14.9 Å². The number of methoxy groups -OCH3 is 1. The fourth-order valence-electron chi connectivity index (χ4n) is 3.31. The number of carbonyl (C=O) groups is 1. The topological polar surface area (TPSA) is 83.7 Å². The number of para-hydroxylation sites is 2. The molecule has 2 aromatic heterocycles. The molecule has 8 nitrogen and oxygen atoms in total. The molecule has 0 spiro atoms. The van der Waals surface area contributed by atoms with Crippen molar-refractivity contribution in [3.05, 3.63) is 60.2 Å². The summed E-state index contributed by atoms with van der Waals surface area (Å²) >= 11 is 0. The van der Waals surface area contributed by atoms with Gasteiger partial charge in [0, 0.05) is 37.9 Å². The van der Waals surface area contributed by atoms with Gasteiger partial charge < -0.3 is 24.3 Å². The lowest BCUT2D eigenvalue weighted by Crippen LogP contribution is -2.49. The van der Waals surface area contributed by atoms with Crippen LogP contribution in [0.4, 0.5) is 17.5 Å². The SMILES string of the molecule is COc1ccccc1Nc1cc(C)nc(N2CCN(C(=O)c3ccco3)CC2)n1. The molecule has 0 aliphatic carbocycles. The summed E-state index contributed by atoms with van der Waals surface area (Å²) in [5, 5.41) is 3.31. The highest BCUT2D eigenvalue weighted by molar-refractivity contribution is 5.91. The Kier molecular flexibility index (Phi) is 5.33. The monoisotopic (exact) mass is 393 g/mol. The predicted octanol–water partition coefficient (Wildman–Crippen LogP) is 3.09. The molecule has 0 saturated carbocycles. The van der Waals surface area contributed by atoms with E-state index in [0.717, 1.165) is 17.1 Å². The number of hydrogen-bond donors (Lipinski definition) is 1. The molecule has 4 rings (SSSR count). The Morgan fingerprint density at radius 3 is 2.62 bits per heavy atom. The lowest BCUT2D eigenvalue weighted by Gasteiger charge is -2.34. The van der Waals surface area contributed by atoms with Gasteiger partial charge in [0.1, 0.15) is 11.6 Å². The summed E-state index contributed by atoms with van der Waals surface area (Å²) in [5.74, 6) is 2.38. The molecule has 1 aliphatic rings. The minimum absolute atomic E-state index is 0.0849. The zero-order chi connectivity index (χ0) is 20.2. The van der Waals surface area contributed by atoms with E-state index < -0.39 is 0 Å². The van der Waals surface area contributed by atoms with Crippen LogP contribution in [0.25, 0.3) is 0 Å². The smallest absolute Gasteiger partial charge is 0.289 e. The normalized spacial score (nSPS) is 14.0. The highest BCUT2D eigenvalue weighted by atomic mass is 16.5. The minimum atomic E-state index is -0.0849. The Morgan fingerprint density at radius 1 is 1.10 bits per heavy atom. The van der Waals surface area contributed by atoms with E-state index in [1.165, 1.54) is 6.26 Å². The summed E-state index contributed by atoms with van der Waals surface area (Å²) in [5.41, 5.74) is 1.70. The van der Waals surface area contributed by atoms with Crippen LogP contribution >= 0.6 is 0 Å². The fraction of sp³-hybridized carbons (Fsp3) is 0.286. The van der Waals surface area contributed by atoms with E-state index in [9.17, 15) is 4.79 Å². The molecule has 29 heavy (non-hydrogen) atoms. The Balaban J connectivity index is 1.46. The van der Waals surface area contributed by atoms with E-state index in [2.05, 4.69) is 20.2 Å². The molecular formula is C21H23N5O3. The van der Waals surface area contributed by atoms with E-state index in [4.69, 9.17) is 9.15 Å². The summed E-state index contributed by atoms with van der Waals surface area (Å²) < 4.78 is 10.6. The third kappa shape index (κ3) is 4.16. The minimum Gasteiger partial charge on any atom is -0.495 e. The Bertz CT molecular complexity index is 982. The largest absolute Gasteiger partial charge is 0.495 e. The van der Waals surface area contributed by atoms with E-state index in [0.29, 0.717) is 43.7 Å². The van der Waals surface area contributed by atoms with Gasteiger partial charge in [-0.1, -0.05) is 12.1 Å². The summed E-state index contributed by atoms with van der Waals surface area (Å²) in [6, 6.07) is 13.0. The summed E-state index contributed by atoms with van der Waals surface area (Å²) in [7, 11) is 1.64. The van der Waals surface area contributed by atoms with Crippen molar-refractivity contribution in [2.75, 3.05) is 43.5 Å². The predicted molar refractivity (Wildman–Crippen MR) is 110 cm³/mol. The number of aromatic nitrogens is 2. The van der Waals surface area contributed by atoms with Gasteiger partial charge in [-0.05, 0) is 31.2 Å². The number of nitrogens with zero attached hydrogens (tertiary/aromatic N) is 4. The number of aryl methyl sites for hydroxylation is 1. The first-order chi connectivity index (χ1) is 14.1. The van der Waals surface area contributed by atoms with Gasteiger partial charge in [0.2, 0.25) is 5.95 Å². The van der Waals surface area contributed by atoms with Gasteiger partial charge >= 0.3 is 0 Å². The maximum absolute atomic E-state index is 12.4. The number of carbonyl (C=O) groups excluding carboxylic acids is 1. The number of nitrogens with one attached hydrogen (secondary N) is 1. The first kappa shape index (κ1) is 18.8. The van der Waals surface area contributed by atoms with Crippen LogP contribution in [0.5, 0.6) is 5.75 Å². The Labute approximate surface area is 169 Å². The molecule has 0 radical (unpaired) electrons. The van der Waals surface area contributed by atoms with Crippen LogP contribution in [0.2, 0.25) is 0 Å². The summed E-state index contributed by atoms with van der Waals surface area (Å²) in [6.07, 6.45) is 1.51. The van der Waals surface area contributed by atoms with Crippen LogP contribution < -0.4 is 15.0 Å². The number of hydrogen-bond acceptors (Lipinski definition) is 7. The molecular weight excluding hydrogens is 370 g/mol. The average Bonchev–Trinajstić information content (AvgIpc) is 3.28. The molecule has 1 aliphatic heterocycles. The second-order valence-corrected chi connectivity index (χ2v) is 6.78. The van der Waals surface area contributed by atoms with Crippen LogP contribution in [0.3, 0.4) is 0 Å². The first-order valence-electron chi connectivity index (χ1n) is 9.47. The zero-order valence-corrected chi connectivity index (χ0v) is 16.5. The van der Waals surface area contributed by atoms with Gasteiger partial charge in [-0.25, -0.2) is 4.98 Å². The number of ether oxygens (including phenoxy) is 1. The lowest BCUT2D eigenvalue weighted by molar-refractivity contribution is 0.0714. The van der Waals surface area contributed by atoms with E-state index >= 15 is 0 Å². The zero-order valence-electron chi connectivity index (χ0n) is 16.5. The van der Waals surface area contributed by atoms with E-state index in [-0.39, 0.29) is 5.91 Å². The van der Waals surface area contributed by atoms with Crippen LogP contribution in [-0.2, 0) is 0 Å². The van der Waals surface area contributed by atoms with Gasteiger partial charge in [0.25, 0.3) is 5.91 Å². The summed E-state index contributed by atoms with van der Waals surface area (Å²) in [4.78, 5) is 25.6. The average molecular weight is 393 g/mol. The number of amides is 1. The lowest BCUT2D eigenvalue weighted by atomic mass is 10.3. The molecule has 0 unspecified atom stereocenters. The number of rotatable bonds is 5. The number of furan rings is 1. The molecule has 0 bridgehead atoms. The number of anilines is 3. The van der Waals surface area contributed by atoms with Gasteiger partial charge in [-0.2, -0.15) is 4.98 Å². The molecule has 1 aromatic carbocycles. The van der Waals surface area contributed by atoms with Crippen molar-refractivity contribution in [2.24, 2.45) is 0 Å². The van der Waals surface area contributed by atoms with Crippen LogP contribution in [0.1, 0.15) is 16.2 Å². The van der Waals surface area contributed by atoms with Crippen LogP contribution in [-0.4, -0.2) is 54.1 Å².